The van der Waals surface area contributed by atoms with Crippen LogP contribution < -0.4 is 5.32 Å². The van der Waals surface area contributed by atoms with Crippen LogP contribution in [0, 0.1) is 12.7 Å². The molecule has 1 aliphatic heterocycles. The highest BCUT2D eigenvalue weighted by atomic mass is 19.1. The number of benzene rings is 1. The van der Waals surface area contributed by atoms with Gasteiger partial charge < -0.3 is 10.2 Å². The predicted octanol–water partition coefficient (Wildman–Crippen LogP) is 4.05. The van der Waals surface area contributed by atoms with Crippen molar-refractivity contribution < 1.29 is 4.39 Å². The van der Waals surface area contributed by atoms with Crippen LogP contribution in [0.2, 0.25) is 0 Å². The molecule has 0 spiro atoms. The predicted molar refractivity (Wildman–Crippen MR) is 87.1 cm³/mol. The second kappa shape index (κ2) is 7.90. The lowest BCUT2D eigenvalue weighted by Gasteiger charge is -2.33. The molecule has 2 atom stereocenters. The third kappa shape index (κ3) is 4.79. The van der Waals surface area contributed by atoms with E-state index in [9.17, 15) is 4.39 Å². The topological polar surface area (TPSA) is 15.3 Å². The number of halogens is 1. The van der Waals surface area contributed by atoms with E-state index in [0.29, 0.717) is 5.56 Å². The van der Waals surface area contributed by atoms with E-state index in [1.165, 1.54) is 32.4 Å². The minimum atomic E-state index is -0.108. The molecule has 0 saturated carbocycles. The highest BCUT2D eigenvalue weighted by Gasteiger charge is 2.17. The molecule has 0 radical (unpaired) electrons. The number of likely N-dealkylation sites (tertiary alicyclic amines) is 1. The summed E-state index contributed by atoms with van der Waals surface area (Å²) in [6.45, 7) is 9.65. The summed E-state index contributed by atoms with van der Waals surface area (Å²) in [4.78, 5) is 2.60. The minimum absolute atomic E-state index is 0.108. The van der Waals surface area contributed by atoms with Crippen molar-refractivity contribution in [2.45, 2.75) is 58.5 Å². The maximum absolute atomic E-state index is 13.6. The highest BCUT2D eigenvalue weighted by Crippen LogP contribution is 2.17. The Hall–Kier alpha value is -0.930. The lowest BCUT2D eigenvalue weighted by molar-refractivity contribution is 0.158. The molecule has 1 heterocycles. The summed E-state index contributed by atoms with van der Waals surface area (Å²) in [5, 5.41) is 3.51. The Morgan fingerprint density at radius 1 is 1.38 bits per heavy atom. The Morgan fingerprint density at radius 3 is 2.90 bits per heavy atom. The molecule has 0 amide bonds. The summed E-state index contributed by atoms with van der Waals surface area (Å²) < 4.78 is 13.6. The summed E-state index contributed by atoms with van der Waals surface area (Å²) in [6.07, 6.45) is 5.22. The second-order valence-corrected chi connectivity index (χ2v) is 6.42. The summed E-state index contributed by atoms with van der Waals surface area (Å²) in [5.74, 6) is -0.108. The number of hydrogen-bond donors (Lipinski definition) is 1. The fourth-order valence-electron chi connectivity index (χ4n) is 3.09. The van der Waals surface area contributed by atoms with E-state index in [2.05, 4.69) is 24.1 Å². The van der Waals surface area contributed by atoms with Gasteiger partial charge in [0.2, 0.25) is 0 Å². The number of nitrogens with one attached hydrogen (secondary N) is 1. The fourth-order valence-corrected chi connectivity index (χ4v) is 3.09. The zero-order valence-electron chi connectivity index (χ0n) is 13.7. The number of rotatable bonds is 6. The molecule has 1 aromatic carbocycles. The zero-order chi connectivity index (χ0) is 15.2. The SMILES string of the molecule is Cc1ccc(C(C)NCCCN2CCCCC2C)cc1F. The van der Waals surface area contributed by atoms with Crippen molar-refractivity contribution in [2.24, 2.45) is 0 Å². The van der Waals surface area contributed by atoms with Gasteiger partial charge in [0.1, 0.15) is 5.82 Å². The van der Waals surface area contributed by atoms with Gasteiger partial charge in [-0.05, 0) is 76.9 Å². The molecular formula is C18H29FN2. The van der Waals surface area contributed by atoms with Crippen molar-refractivity contribution in [1.29, 1.82) is 0 Å². The third-order valence-corrected chi connectivity index (χ3v) is 4.71. The number of nitrogens with zero attached hydrogens (tertiary/aromatic N) is 1. The normalized spacial score (nSPS) is 21.4. The molecule has 1 N–H and O–H groups in total. The van der Waals surface area contributed by atoms with Gasteiger partial charge in [-0.25, -0.2) is 4.39 Å². The van der Waals surface area contributed by atoms with E-state index >= 15 is 0 Å². The quantitative estimate of drug-likeness (QED) is 0.796. The molecular weight excluding hydrogens is 263 g/mol. The lowest BCUT2D eigenvalue weighted by Crippen LogP contribution is -2.39. The van der Waals surface area contributed by atoms with Crippen molar-refractivity contribution in [3.63, 3.8) is 0 Å². The van der Waals surface area contributed by atoms with Crippen LogP contribution in [0.5, 0.6) is 0 Å². The standard InChI is InChI=1S/C18H29FN2/c1-14-8-9-17(13-18(14)19)16(3)20-10-6-12-21-11-5-4-7-15(21)2/h8-9,13,15-16,20H,4-7,10-12H2,1-3H3. The van der Waals surface area contributed by atoms with Crippen molar-refractivity contribution in [3.8, 4) is 0 Å². The number of aryl methyl sites for hydroxylation is 1. The van der Waals surface area contributed by atoms with Crippen molar-refractivity contribution in [3.05, 3.63) is 35.1 Å². The van der Waals surface area contributed by atoms with Crippen molar-refractivity contribution >= 4 is 0 Å². The minimum Gasteiger partial charge on any atom is -0.310 e. The second-order valence-electron chi connectivity index (χ2n) is 6.42. The summed E-state index contributed by atoms with van der Waals surface area (Å²) >= 11 is 0. The molecule has 1 aromatic rings. The number of hydrogen-bond acceptors (Lipinski definition) is 2. The van der Waals surface area contributed by atoms with Gasteiger partial charge in [-0.15, -0.1) is 0 Å². The molecule has 1 saturated heterocycles. The van der Waals surface area contributed by atoms with Gasteiger partial charge >= 0.3 is 0 Å². The molecule has 2 rings (SSSR count). The molecule has 0 bridgehead atoms. The Kier molecular flexibility index (Phi) is 6.19. The first-order valence-electron chi connectivity index (χ1n) is 8.31. The maximum atomic E-state index is 13.6. The van der Waals surface area contributed by atoms with Gasteiger partial charge in [-0.1, -0.05) is 18.6 Å². The molecule has 1 aliphatic rings. The van der Waals surface area contributed by atoms with Gasteiger partial charge in [-0.2, -0.15) is 0 Å². The van der Waals surface area contributed by atoms with Crippen LogP contribution in [-0.4, -0.2) is 30.6 Å². The van der Waals surface area contributed by atoms with Gasteiger partial charge in [0.25, 0.3) is 0 Å². The summed E-state index contributed by atoms with van der Waals surface area (Å²) in [7, 11) is 0. The zero-order valence-corrected chi connectivity index (χ0v) is 13.7. The van der Waals surface area contributed by atoms with E-state index in [0.717, 1.165) is 24.6 Å². The first-order chi connectivity index (χ1) is 10.1. The first kappa shape index (κ1) is 16.4. The fraction of sp³-hybridized carbons (Fsp3) is 0.667. The van der Waals surface area contributed by atoms with Gasteiger partial charge in [0, 0.05) is 12.1 Å². The van der Waals surface area contributed by atoms with Crippen LogP contribution in [0.15, 0.2) is 18.2 Å². The van der Waals surface area contributed by atoms with Crippen molar-refractivity contribution in [1.82, 2.24) is 10.2 Å². The largest absolute Gasteiger partial charge is 0.310 e. The summed E-state index contributed by atoms with van der Waals surface area (Å²) in [6, 6.07) is 6.47. The molecule has 1 fully saturated rings. The summed E-state index contributed by atoms with van der Waals surface area (Å²) in [5.41, 5.74) is 1.74. The monoisotopic (exact) mass is 292 g/mol. The van der Waals surface area contributed by atoms with Gasteiger partial charge in [-0.3, -0.25) is 0 Å². The van der Waals surface area contributed by atoms with E-state index in [4.69, 9.17) is 0 Å². The van der Waals surface area contributed by atoms with Gasteiger partial charge in [0.15, 0.2) is 0 Å². The Bertz CT molecular complexity index is 447. The van der Waals surface area contributed by atoms with E-state index in [1.807, 2.05) is 12.1 Å². The third-order valence-electron chi connectivity index (χ3n) is 4.71. The van der Waals surface area contributed by atoms with Crippen LogP contribution in [0.4, 0.5) is 4.39 Å². The van der Waals surface area contributed by atoms with Crippen LogP contribution in [0.3, 0.4) is 0 Å². The van der Waals surface area contributed by atoms with E-state index in [1.54, 1.807) is 13.0 Å². The average molecular weight is 292 g/mol. The van der Waals surface area contributed by atoms with Crippen LogP contribution in [0.1, 0.15) is 56.7 Å². The van der Waals surface area contributed by atoms with Crippen LogP contribution >= 0.6 is 0 Å². The molecule has 2 unspecified atom stereocenters. The molecule has 2 nitrogen and oxygen atoms in total. The first-order valence-corrected chi connectivity index (χ1v) is 8.31. The Labute approximate surface area is 128 Å². The Morgan fingerprint density at radius 2 is 2.19 bits per heavy atom. The molecule has 0 aliphatic carbocycles. The van der Waals surface area contributed by atoms with Crippen LogP contribution in [-0.2, 0) is 0 Å². The Balaban J connectivity index is 1.71. The molecule has 3 heteroatoms. The van der Waals surface area contributed by atoms with Crippen LogP contribution in [0.25, 0.3) is 0 Å². The van der Waals surface area contributed by atoms with Crippen molar-refractivity contribution in [2.75, 3.05) is 19.6 Å². The lowest BCUT2D eigenvalue weighted by atomic mass is 10.0. The van der Waals surface area contributed by atoms with E-state index in [-0.39, 0.29) is 11.9 Å². The van der Waals surface area contributed by atoms with Gasteiger partial charge in [0.05, 0.1) is 0 Å². The average Bonchev–Trinajstić information content (AvgIpc) is 2.48. The molecule has 0 aromatic heterocycles. The number of piperidine rings is 1. The smallest absolute Gasteiger partial charge is 0.126 e. The van der Waals surface area contributed by atoms with E-state index < -0.39 is 0 Å². The highest BCUT2D eigenvalue weighted by molar-refractivity contribution is 5.25. The molecule has 21 heavy (non-hydrogen) atoms. The maximum Gasteiger partial charge on any atom is 0.126 e. The molecule has 118 valence electrons.